The minimum absolute atomic E-state index is 0.0452. The maximum atomic E-state index is 13.7. The van der Waals surface area contributed by atoms with Gasteiger partial charge in [-0.05, 0) is 55.4 Å². The number of benzene rings is 1. The van der Waals surface area contributed by atoms with Crippen molar-refractivity contribution < 1.29 is 18.0 Å². The number of hydrogen-bond acceptors (Lipinski definition) is 5. The second-order valence-electron chi connectivity index (χ2n) is 10.6. The second-order valence-corrected chi connectivity index (χ2v) is 10.6. The van der Waals surface area contributed by atoms with Gasteiger partial charge in [0.05, 0.1) is 17.5 Å². The summed E-state index contributed by atoms with van der Waals surface area (Å²) in [7, 11) is 0. The summed E-state index contributed by atoms with van der Waals surface area (Å²) in [5.41, 5.74) is 1.76. The van der Waals surface area contributed by atoms with Gasteiger partial charge in [0.15, 0.2) is 17.2 Å². The molecule has 4 aromatic rings. The first kappa shape index (κ1) is 24.0. The topological polar surface area (TPSA) is 89.1 Å². The van der Waals surface area contributed by atoms with Crippen LogP contribution < -0.4 is 10.6 Å². The number of terminal acetylenes is 1. The van der Waals surface area contributed by atoms with Crippen molar-refractivity contribution in [3.63, 3.8) is 0 Å². The molecule has 0 unspecified atom stereocenters. The van der Waals surface area contributed by atoms with Gasteiger partial charge in [-0.25, -0.2) is 9.97 Å². The number of alkyl halides is 3. The molecular weight excluding hydrogens is 495 g/mol. The Labute approximate surface area is 216 Å². The number of aromatic nitrogens is 5. The number of imidazole rings is 1. The Hall–Kier alpha value is -4.33. The van der Waals surface area contributed by atoms with Gasteiger partial charge in [0.25, 0.3) is 5.91 Å². The average Bonchev–Trinajstić information content (AvgIpc) is 3.42. The molecule has 0 atom stereocenters. The molecule has 7 rings (SSSR count). The van der Waals surface area contributed by atoms with E-state index in [4.69, 9.17) is 6.42 Å². The quantitative estimate of drug-likeness (QED) is 0.351. The van der Waals surface area contributed by atoms with Crippen molar-refractivity contribution in [1.82, 2.24) is 29.5 Å². The zero-order chi connectivity index (χ0) is 26.9. The first-order chi connectivity index (χ1) is 18.0. The highest BCUT2D eigenvalue weighted by Gasteiger charge is 2.65. The average molecular weight is 520 g/mol. The van der Waals surface area contributed by atoms with Crippen molar-refractivity contribution in [3.05, 3.63) is 59.8 Å². The largest absolute Gasteiger partial charge is 0.435 e. The fraction of sp³-hybridized carbons (Fsp3) is 0.333. The number of fused-ring (bicyclic) bond motifs is 1. The third-order valence-corrected chi connectivity index (χ3v) is 7.40. The number of amides is 1. The zero-order valence-electron chi connectivity index (χ0n) is 20.7. The highest BCUT2D eigenvalue weighted by atomic mass is 19.4. The Bertz CT molecular complexity index is 1620. The Balaban J connectivity index is 1.27. The van der Waals surface area contributed by atoms with E-state index in [9.17, 15) is 18.0 Å². The van der Waals surface area contributed by atoms with Gasteiger partial charge in [-0.3, -0.25) is 13.9 Å². The summed E-state index contributed by atoms with van der Waals surface area (Å²) in [6.45, 7) is 4.01. The number of carbonyl (C=O) groups is 1. The van der Waals surface area contributed by atoms with Crippen molar-refractivity contribution in [2.75, 3.05) is 5.32 Å². The number of halogens is 3. The van der Waals surface area contributed by atoms with Gasteiger partial charge < -0.3 is 10.6 Å². The molecule has 2 N–H and O–H groups in total. The van der Waals surface area contributed by atoms with E-state index in [1.165, 1.54) is 29.2 Å². The van der Waals surface area contributed by atoms with E-state index in [0.29, 0.717) is 28.1 Å². The summed E-state index contributed by atoms with van der Waals surface area (Å²) in [4.78, 5) is 21.5. The molecule has 0 saturated heterocycles. The normalized spacial score (nSPS) is 21.9. The number of rotatable bonds is 6. The summed E-state index contributed by atoms with van der Waals surface area (Å²) < 4.78 is 43.7. The summed E-state index contributed by atoms with van der Waals surface area (Å²) in [6.07, 6.45) is 9.29. The van der Waals surface area contributed by atoms with Crippen LogP contribution in [0.25, 0.3) is 16.9 Å². The molecule has 3 fully saturated rings. The predicted molar refractivity (Wildman–Crippen MR) is 135 cm³/mol. The first-order valence-electron chi connectivity index (χ1n) is 12.1. The molecule has 2 bridgehead atoms. The highest BCUT2D eigenvalue weighted by Crippen LogP contribution is 2.66. The third-order valence-electron chi connectivity index (χ3n) is 7.40. The van der Waals surface area contributed by atoms with Crippen molar-refractivity contribution in [2.24, 2.45) is 5.41 Å². The van der Waals surface area contributed by atoms with Crippen LogP contribution in [0.3, 0.4) is 0 Å². The van der Waals surface area contributed by atoms with E-state index in [1.807, 2.05) is 13.0 Å². The molecule has 0 spiro atoms. The van der Waals surface area contributed by atoms with Crippen LogP contribution in [0.15, 0.2) is 43.0 Å². The van der Waals surface area contributed by atoms with Crippen molar-refractivity contribution in [1.29, 1.82) is 0 Å². The molecule has 3 aliphatic carbocycles. The molecule has 1 aromatic carbocycles. The summed E-state index contributed by atoms with van der Waals surface area (Å²) >= 11 is 0. The van der Waals surface area contributed by atoms with E-state index >= 15 is 0 Å². The molecule has 3 heterocycles. The lowest BCUT2D eigenvalue weighted by molar-refractivity contribution is -0.141. The fourth-order valence-electron chi connectivity index (χ4n) is 6.07. The van der Waals surface area contributed by atoms with Crippen molar-refractivity contribution in [2.45, 2.75) is 51.4 Å². The smallest absolute Gasteiger partial charge is 0.347 e. The first-order valence-corrected chi connectivity index (χ1v) is 12.1. The molecule has 38 heavy (non-hydrogen) atoms. The SMILES string of the molecule is C#CCn1cc(-c2cnc3c(Nc4ccc(C(=O)NC56CC(C)(C5)C6)c(C)c4)nccn23)c(C(F)(F)F)n1. The van der Waals surface area contributed by atoms with Gasteiger partial charge in [0.1, 0.15) is 6.54 Å². The maximum Gasteiger partial charge on any atom is 0.435 e. The number of carbonyl (C=O) groups excluding carboxylic acids is 1. The van der Waals surface area contributed by atoms with Crippen LogP contribution >= 0.6 is 0 Å². The predicted octanol–water partition coefficient (Wildman–Crippen LogP) is 4.97. The van der Waals surface area contributed by atoms with E-state index in [2.05, 4.69) is 38.5 Å². The van der Waals surface area contributed by atoms with Gasteiger partial charge in [-0.1, -0.05) is 12.8 Å². The zero-order valence-corrected chi connectivity index (χ0v) is 20.7. The van der Waals surface area contributed by atoms with E-state index in [0.717, 1.165) is 29.5 Å². The van der Waals surface area contributed by atoms with Crippen LogP contribution in [0.2, 0.25) is 0 Å². The number of nitrogens with one attached hydrogen (secondary N) is 2. The summed E-state index contributed by atoms with van der Waals surface area (Å²) in [5, 5.41) is 10.0. The minimum atomic E-state index is -4.67. The fourth-order valence-corrected chi connectivity index (χ4v) is 6.07. The van der Waals surface area contributed by atoms with E-state index in [-0.39, 0.29) is 29.2 Å². The summed E-state index contributed by atoms with van der Waals surface area (Å²) in [5.74, 6) is 2.56. The lowest BCUT2D eigenvalue weighted by Crippen LogP contribution is -2.73. The molecule has 1 amide bonds. The van der Waals surface area contributed by atoms with Gasteiger partial charge in [0.2, 0.25) is 0 Å². The number of hydrogen-bond donors (Lipinski definition) is 2. The molecule has 8 nitrogen and oxygen atoms in total. The monoisotopic (exact) mass is 519 g/mol. The van der Waals surface area contributed by atoms with Crippen LogP contribution in [0.4, 0.5) is 24.7 Å². The third kappa shape index (κ3) is 3.88. The number of anilines is 2. The maximum absolute atomic E-state index is 13.7. The Morgan fingerprint density at radius 3 is 2.66 bits per heavy atom. The van der Waals surface area contributed by atoms with Crippen molar-refractivity contribution in [3.8, 4) is 23.6 Å². The van der Waals surface area contributed by atoms with Crippen molar-refractivity contribution >= 4 is 23.1 Å². The Kier molecular flexibility index (Phi) is 5.11. The number of aryl methyl sites for hydroxylation is 1. The summed E-state index contributed by atoms with van der Waals surface area (Å²) in [6, 6.07) is 5.36. The molecule has 194 valence electrons. The van der Waals surface area contributed by atoms with Crippen LogP contribution in [0.1, 0.15) is 47.8 Å². The lowest BCUT2D eigenvalue weighted by Gasteiger charge is -2.69. The molecule has 3 aromatic heterocycles. The number of nitrogens with zero attached hydrogens (tertiary/aromatic N) is 5. The molecule has 3 saturated carbocycles. The Morgan fingerprint density at radius 1 is 1.24 bits per heavy atom. The molecule has 0 aliphatic heterocycles. The van der Waals surface area contributed by atoms with Crippen LogP contribution in [0.5, 0.6) is 0 Å². The standard InChI is InChI=1S/C27H24F3N7O/c1-4-8-36-12-19(21(35-36)27(28,29)30)20-11-32-23-22(31-7-9-37(20)23)33-17-5-6-18(16(2)10-17)24(38)34-26-13-25(3,14-26)15-26/h1,5-7,9-12H,8,13-15H2,2-3H3,(H,31,33)(H,34,38). The van der Waals surface area contributed by atoms with Gasteiger partial charge in [-0.15, -0.1) is 6.42 Å². The van der Waals surface area contributed by atoms with Gasteiger partial charge >= 0.3 is 6.18 Å². The van der Waals surface area contributed by atoms with Crippen LogP contribution in [-0.2, 0) is 12.7 Å². The van der Waals surface area contributed by atoms with Gasteiger partial charge in [0, 0.05) is 35.4 Å². The van der Waals surface area contributed by atoms with Gasteiger partial charge in [-0.2, -0.15) is 18.3 Å². The van der Waals surface area contributed by atoms with E-state index < -0.39 is 11.9 Å². The highest BCUT2D eigenvalue weighted by molar-refractivity contribution is 5.97. The van der Waals surface area contributed by atoms with E-state index in [1.54, 1.807) is 12.1 Å². The van der Waals surface area contributed by atoms with Crippen LogP contribution in [0, 0.1) is 24.7 Å². The Morgan fingerprint density at radius 2 is 2.00 bits per heavy atom. The molecule has 3 aliphatic rings. The van der Waals surface area contributed by atoms with Crippen LogP contribution in [-0.4, -0.2) is 35.6 Å². The lowest BCUT2D eigenvalue weighted by atomic mass is 9.40. The minimum Gasteiger partial charge on any atom is -0.347 e. The second kappa shape index (κ2) is 8.08. The molecule has 11 heteroatoms. The molecule has 0 radical (unpaired) electrons. The molecular formula is C27H24F3N7O.